The second kappa shape index (κ2) is 12.7. The Morgan fingerprint density at radius 3 is 2.41 bits per heavy atom. The van der Waals surface area contributed by atoms with Gasteiger partial charge in [0.2, 0.25) is 5.95 Å². The molecule has 0 unspecified atom stereocenters. The van der Waals surface area contributed by atoms with Crippen LogP contribution in [-0.4, -0.2) is 76.9 Å². The second-order valence-corrected chi connectivity index (χ2v) is 8.20. The van der Waals surface area contributed by atoms with E-state index in [1.54, 1.807) is 19.4 Å². The van der Waals surface area contributed by atoms with Gasteiger partial charge in [0, 0.05) is 70.9 Å². The molecule has 3 heterocycles. The van der Waals surface area contributed by atoms with E-state index in [9.17, 15) is 0 Å². The molecule has 1 aliphatic rings. The van der Waals surface area contributed by atoms with Crippen molar-refractivity contribution < 1.29 is 0 Å². The summed E-state index contributed by atoms with van der Waals surface area (Å²) in [5.41, 5.74) is 4.41. The van der Waals surface area contributed by atoms with Crippen LogP contribution in [-0.2, 0) is 6.54 Å². The number of halogens is 1. The van der Waals surface area contributed by atoms with Crippen LogP contribution in [0.2, 0.25) is 0 Å². The zero-order chi connectivity index (χ0) is 23.0. The van der Waals surface area contributed by atoms with Gasteiger partial charge in [-0.05, 0) is 37.6 Å². The summed E-state index contributed by atoms with van der Waals surface area (Å²) in [6, 6.07) is 12.3. The van der Waals surface area contributed by atoms with Gasteiger partial charge in [-0.15, -0.1) is 24.0 Å². The Bertz CT molecular complexity index is 1060. The number of nitrogens with zero attached hydrogens (tertiary/aromatic N) is 7. The number of guanidine groups is 1. The number of hydrogen-bond donors (Lipinski definition) is 2. The average molecular weight is 576 g/mol. The Labute approximate surface area is 218 Å². The van der Waals surface area contributed by atoms with E-state index in [-0.39, 0.29) is 24.0 Å². The number of aryl methyl sites for hydroxylation is 2. The lowest BCUT2D eigenvalue weighted by molar-refractivity contribution is 0.260. The SMILES string of the molecule is CN=C(NCCN1CCN(c2ncccn2)CC1)NCc1ccccc1-n1nc(C)cc1C.I. The molecule has 4 rings (SSSR count). The third kappa shape index (κ3) is 6.66. The molecule has 34 heavy (non-hydrogen) atoms. The number of para-hydroxylation sites is 1. The minimum Gasteiger partial charge on any atom is -0.355 e. The van der Waals surface area contributed by atoms with E-state index in [1.807, 2.05) is 23.7 Å². The van der Waals surface area contributed by atoms with Gasteiger partial charge in [0.1, 0.15) is 0 Å². The van der Waals surface area contributed by atoms with Crippen LogP contribution in [0.25, 0.3) is 5.69 Å². The van der Waals surface area contributed by atoms with Gasteiger partial charge in [-0.25, -0.2) is 14.6 Å². The van der Waals surface area contributed by atoms with E-state index in [1.165, 1.54) is 5.56 Å². The summed E-state index contributed by atoms with van der Waals surface area (Å²) in [6.07, 6.45) is 3.60. The molecular weight excluding hydrogens is 541 g/mol. The van der Waals surface area contributed by atoms with Crippen LogP contribution in [0.5, 0.6) is 0 Å². The summed E-state index contributed by atoms with van der Waals surface area (Å²) >= 11 is 0. The fraction of sp³-hybridized carbons (Fsp3) is 0.417. The molecular formula is C24H34IN9. The normalized spacial score (nSPS) is 14.6. The molecule has 1 aliphatic heterocycles. The summed E-state index contributed by atoms with van der Waals surface area (Å²) in [5.74, 6) is 1.62. The predicted octanol–water partition coefficient (Wildman–Crippen LogP) is 2.38. The maximum Gasteiger partial charge on any atom is 0.225 e. The lowest BCUT2D eigenvalue weighted by Gasteiger charge is -2.34. The zero-order valence-corrected chi connectivity index (χ0v) is 22.4. The molecule has 1 saturated heterocycles. The molecule has 0 saturated carbocycles. The Morgan fingerprint density at radius 2 is 1.74 bits per heavy atom. The molecule has 182 valence electrons. The summed E-state index contributed by atoms with van der Waals surface area (Å²) in [7, 11) is 1.81. The Kier molecular flexibility index (Phi) is 9.63. The number of hydrogen-bond acceptors (Lipinski definition) is 6. The van der Waals surface area contributed by atoms with Crippen LogP contribution < -0.4 is 15.5 Å². The molecule has 2 N–H and O–H groups in total. The van der Waals surface area contributed by atoms with Gasteiger partial charge in [0.25, 0.3) is 0 Å². The summed E-state index contributed by atoms with van der Waals surface area (Å²) in [5, 5.41) is 11.5. The highest BCUT2D eigenvalue weighted by atomic mass is 127. The van der Waals surface area contributed by atoms with Crippen molar-refractivity contribution in [1.82, 2.24) is 35.3 Å². The molecule has 0 atom stereocenters. The van der Waals surface area contributed by atoms with Gasteiger partial charge in [0.15, 0.2) is 5.96 Å². The molecule has 0 radical (unpaired) electrons. The third-order valence-corrected chi connectivity index (χ3v) is 5.83. The lowest BCUT2D eigenvalue weighted by Crippen LogP contribution is -2.49. The molecule has 1 aromatic carbocycles. The number of benzene rings is 1. The molecule has 2 aromatic heterocycles. The molecule has 0 amide bonds. The van der Waals surface area contributed by atoms with Crippen LogP contribution >= 0.6 is 24.0 Å². The molecule has 0 bridgehead atoms. The minimum absolute atomic E-state index is 0. The first-order chi connectivity index (χ1) is 16.1. The van der Waals surface area contributed by atoms with E-state index in [4.69, 9.17) is 0 Å². The van der Waals surface area contributed by atoms with Crippen LogP contribution in [0, 0.1) is 13.8 Å². The first kappa shape index (κ1) is 25.9. The lowest BCUT2D eigenvalue weighted by atomic mass is 10.1. The third-order valence-electron chi connectivity index (χ3n) is 5.83. The van der Waals surface area contributed by atoms with Gasteiger partial charge >= 0.3 is 0 Å². The number of piperazine rings is 1. The van der Waals surface area contributed by atoms with Crippen molar-refractivity contribution in [2.24, 2.45) is 4.99 Å². The standard InChI is InChI=1S/C24H33N9.HI/c1-19-17-20(2)33(30-19)22-8-5-4-7-21(22)18-29-23(25-3)26-11-12-31-13-15-32(16-14-31)24-27-9-6-10-28-24;/h4-10,17H,11-16,18H2,1-3H3,(H2,25,26,29);1H. The first-order valence-corrected chi connectivity index (χ1v) is 11.4. The molecule has 1 fully saturated rings. The van der Waals surface area contributed by atoms with Crippen LogP contribution in [0.4, 0.5) is 5.95 Å². The molecule has 0 aliphatic carbocycles. The van der Waals surface area contributed by atoms with E-state index in [0.29, 0.717) is 6.54 Å². The quantitative estimate of drug-likeness (QED) is 0.254. The Hall–Kier alpha value is -2.73. The number of aromatic nitrogens is 4. The topological polar surface area (TPSA) is 86.5 Å². The second-order valence-electron chi connectivity index (χ2n) is 8.20. The summed E-state index contributed by atoms with van der Waals surface area (Å²) < 4.78 is 2.00. The summed E-state index contributed by atoms with van der Waals surface area (Å²) in [6.45, 7) is 10.5. The fourth-order valence-corrected chi connectivity index (χ4v) is 4.10. The van der Waals surface area contributed by atoms with Crippen LogP contribution in [0.3, 0.4) is 0 Å². The Balaban J connectivity index is 0.00000324. The number of anilines is 1. The van der Waals surface area contributed by atoms with Crippen LogP contribution in [0.1, 0.15) is 17.0 Å². The van der Waals surface area contributed by atoms with Gasteiger partial charge in [-0.3, -0.25) is 9.89 Å². The average Bonchev–Trinajstić information content (AvgIpc) is 3.20. The van der Waals surface area contributed by atoms with Crippen molar-refractivity contribution in [3.63, 3.8) is 0 Å². The molecule has 10 heteroatoms. The molecule has 9 nitrogen and oxygen atoms in total. The van der Waals surface area contributed by atoms with Crippen molar-refractivity contribution in [1.29, 1.82) is 0 Å². The maximum atomic E-state index is 4.64. The highest BCUT2D eigenvalue weighted by Gasteiger charge is 2.18. The zero-order valence-electron chi connectivity index (χ0n) is 20.1. The van der Waals surface area contributed by atoms with Gasteiger partial charge in [0.05, 0.1) is 11.4 Å². The van der Waals surface area contributed by atoms with Crippen molar-refractivity contribution in [2.75, 3.05) is 51.2 Å². The van der Waals surface area contributed by atoms with Crippen molar-refractivity contribution in [2.45, 2.75) is 20.4 Å². The minimum atomic E-state index is 0. The van der Waals surface area contributed by atoms with Gasteiger partial charge < -0.3 is 15.5 Å². The van der Waals surface area contributed by atoms with Crippen molar-refractivity contribution in [3.05, 3.63) is 65.7 Å². The number of nitrogens with one attached hydrogen (secondary N) is 2. The Morgan fingerprint density at radius 1 is 1.00 bits per heavy atom. The highest BCUT2D eigenvalue weighted by Crippen LogP contribution is 2.17. The van der Waals surface area contributed by atoms with E-state index < -0.39 is 0 Å². The predicted molar refractivity (Wildman–Crippen MR) is 147 cm³/mol. The fourth-order valence-electron chi connectivity index (χ4n) is 4.10. The van der Waals surface area contributed by atoms with Gasteiger partial charge in [-0.1, -0.05) is 18.2 Å². The maximum absolute atomic E-state index is 4.64. The molecule has 0 spiro atoms. The van der Waals surface area contributed by atoms with E-state index in [2.05, 4.69) is 71.7 Å². The number of rotatable bonds is 7. The van der Waals surface area contributed by atoms with Crippen molar-refractivity contribution >= 4 is 35.9 Å². The number of aliphatic imine (C=N–C) groups is 1. The monoisotopic (exact) mass is 575 g/mol. The van der Waals surface area contributed by atoms with E-state index >= 15 is 0 Å². The highest BCUT2D eigenvalue weighted by molar-refractivity contribution is 14.0. The summed E-state index contributed by atoms with van der Waals surface area (Å²) in [4.78, 5) is 17.8. The smallest absolute Gasteiger partial charge is 0.225 e. The van der Waals surface area contributed by atoms with E-state index in [0.717, 1.165) is 68.3 Å². The largest absolute Gasteiger partial charge is 0.355 e. The van der Waals surface area contributed by atoms with Crippen LogP contribution in [0.15, 0.2) is 53.8 Å². The van der Waals surface area contributed by atoms with Gasteiger partial charge in [-0.2, -0.15) is 5.10 Å². The first-order valence-electron chi connectivity index (χ1n) is 11.4. The molecule has 3 aromatic rings. The van der Waals surface area contributed by atoms with Crippen molar-refractivity contribution in [3.8, 4) is 5.69 Å².